The molecular formula is C21H20ClF2N5O2. The molecule has 7 nitrogen and oxygen atoms in total. The Morgan fingerprint density at radius 2 is 1.84 bits per heavy atom. The van der Waals surface area contributed by atoms with Gasteiger partial charge >= 0.3 is 6.03 Å². The van der Waals surface area contributed by atoms with Crippen molar-refractivity contribution in [3.63, 3.8) is 0 Å². The van der Waals surface area contributed by atoms with Crippen molar-refractivity contribution in [2.24, 2.45) is 0 Å². The predicted octanol–water partition coefficient (Wildman–Crippen LogP) is 4.53. The minimum atomic E-state index is -2.71. The largest absolute Gasteiger partial charge is 0.337 e. The van der Waals surface area contributed by atoms with E-state index >= 15 is 0 Å². The topological polar surface area (TPSA) is 81.3 Å². The number of benzene rings is 2. The van der Waals surface area contributed by atoms with Gasteiger partial charge < -0.3 is 20.1 Å². The highest BCUT2D eigenvalue weighted by Crippen LogP contribution is 2.22. The lowest BCUT2D eigenvalue weighted by molar-refractivity contribution is 0.0763. The molecule has 2 N–H and O–H groups in total. The van der Waals surface area contributed by atoms with Gasteiger partial charge in [0.2, 0.25) is 0 Å². The summed E-state index contributed by atoms with van der Waals surface area (Å²) in [5.74, 6) is -0.636. The fraction of sp³-hybridized carbons (Fsp3) is 0.286. The van der Waals surface area contributed by atoms with Gasteiger partial charge in [-0.15, -0.1) is 0 Å². The highest BCUT2D eigenvalue weighted by molar-refractivity contribution is 6.30. The van der Waals surface area contributed by atoms with Gasteiger partial charge in [-0.3, -0.25) is 4.79 Å². The number of alkyl halides is 2. The zero-order valence-electron chi connectivity index (χ0n) is 16.4. The van der Waals surface area contributed by atoms with Crippen LogP contribution in [0.5, 0.6) is 0 Å². The number of amides is 3. The van der Waals surface area contributed by atoms with Crippen LogP contribution < -0.4 is 5.32 Å². The van der Waals surface area contributed by atoms with E-state index in [1.54, 1.807) is 46.2 Å². The first-order chi connectivity index (χ1) is 14.9. The third-order valence-electron chi connectivity index (χ3n) is 5.10. The maximum atomic E-state index is 13.0. The van der Waals surface area contributed by atoms with Gasteiger partial charge in [-0.25, -0.2) is 18.6 Å². The Morgan fingerprint density at radius 1 is 1.06 bits per heavy atom. The molecule has 1 fully saturated rings. The normalized spacial score (nSPS) is 14.7. The standard InChI is InChI=1S/C21H20ClF2N5O2/c22-14-3-1-4-15(12-14)25-21(31)29-8-2-7-28(9-10-29)20(30)13-5-6-16-17(11-13)27-19(26-16)18(23)24/h1,3-6,11-12,18H,2,7-10H2,(H,25,31)(H,26,27). The van der Waals surface area contributed by atoms with Crippen LogP contribution in [-0.4, -0.2) is 57.9 Å². The molecule has 2 heterocycles. The lowest BCUT2D eigenvalue weighted by Gasteiger charge is -2.22. The summed E-state index contributed by atoms with van der Waals surface area (Å²) >= 11 is 5.95. The van der Waals surface area contributed by atoms with Gasteiger partial charge in [-0.2, -0.15) is 0 Å². The summed E-state index contributed by atoms with van der Waals surface area (Å²) in [6.45, 7) is 1.74. The van der Waals surface area contributed by atoms with E-state index in [9.17, 15) is 18.4 Å². The zero-order chi connectivity index (χ0) is 22.0. The molecular weight excluding hydrogens is 428 g/mol. The maximum Gasteiger partial charge on any atom is 0.321 e. The van der Waals surface area contributed by atoms with Crippen LogP contribution in [0, 0.1) is 0 Å². The van der Waals surface area contributed by atoms with E-state index in [1.807, 2.05) is 0 Å². The van der Waals surface area contributed by atoms with Gasteiger partial charge in [-0.05, 0) is 42.8 Å². The van der Waals surface area contributed by atoms with Crippen molar-refractivity contribution in [3.05, 3.63) is 58.9 Å². The Labute approximate surface area is 182 Å². The average Bonchev–Trinajstić information content (AvgIpc) is 3.02. The molecule has 31 heavy (non-hydrogen) atoms. The minimum Gasteiger partial charge on any atom is -0.337 e. The quantitative estimate of drug-likeness (QED) is 0.618. The molecule has 1 aromatic heterocycles. The molecule has 0 aliphatic carbocycles. The second kappa shape index (κ2) is 8.89. The van der Waals surface area contributed by atoms with E-state index < -0.39 is 12.2 Å². The van der Waals surface area contributed by atoms with E-state index in [0.29, 0.717) is 59.9 Å². The van der Waals surface area contributed by atoms with Crippen molar-refractivity contribution in [2.45, 2.75) is 12.8 Å². The third-order valence-corrected chi connectivity index (χ3v) is 5.34. The number of hydrogen-bond acceptors (Lipinski definition) is 3. The fourth-order valence-corrected chi connectivity index (χ4v) is 3.73. The molecule has 0 saturated carbocycles. The van der Waals surface area contributed by atoms with Crippen LogP contribution in [-0.2, 0) is 0 Å². The number of aromatic nitrogens is 2. The molecule has 0 radical (unpaired) electrons. The molecule has 0 unspecified atom stereocenters. The van der Waals surface area contributed by atoms with E-state index in [2.05, 4.69) is 15.3 Å². The number of nitrogens with one attached hydrogen (secondary N) is 2. The number of H-pyrrole nitrogens is 1. The summed E-state index contributed by atoms with van der Waals surface area (Å²) in [7, 11) is 0. The van der Waals surface area contributed by atoms with Crippen molar-refractivity contribution in [1.82, 2.24) is 19.8 Å². The smallest absolute Gasteiger partial charge is 0.321 e. The number of fused-ring (bicyclic) bond motifs is 1. The van der Waals surface area contributed by atoms with Crippen LogP contribution in [0.3, 0.4) is 0 Å². The molecule has 0 bridgehead atoms. The van der Waals surface area contributed by atoms with Gasteiger partial charge in [0.05, 0.1) is 11.0 Å². The molecule has 4 rings (SSSR count). The third kappa shape index (κ3) is 4.77. The van der Waals surface area contributed by atoms with Crippen molar-refractivity contribution in [3.8, 4) is 0 Å². The second-order valence-electron chi connectivity index (χ2n) is 7.23. The van der Waals surface area contributed by atoms with Crippen molar-refractivity contribution in [1.29, 1.82) is 0 Å². The van der Waals surface area contributed by atoms with E-state index in [1.165, 1.54) is 6.07 Å². The molecule has 1 saturated heterocycles. The number of anilines is 1. The van der Waals surface area contributed by atoms with Crippen molar-refractivity contribution >= 4 is 40.3 Å². The van der Waals surface area contributed by atoms with Crippen molar-refractivity contribution < 1.29 is 18.4 Å². The van der Waals surface area contributed by atoms with E-state index in [0.717, 1.165) is 0 Å². The Balaban J connectivity index is 1.41. The molecule has 1 aliphatic rings. The summed E-state index contributed by atoms with van der Waals surface area (Å²) in [6.07, 6.45) is -2.09. The first kappa shape index (κ1) is 21.0. The van der Waals surface area contributed by atoms with E-state index in [-0.39, 0.29) is 11.9 Å². The molecule has 10 heteroatoms. The van der Waals surface area contributed by atoms with E-state index in [4.69, 9.17) is 11.6 Å². The number of urea groups is 1. The molecule has 3 amide bonds. The monoisotopic (exact) mass is 447 g/mol. The van der Waals surface area contributed by atoms with Crippen LogP contribution >= 0.6 is 11.6 Å². The second-order valence-corrected chi connectivity index (χ2v) is 7.66. The number of carbonyl (C=O) groups excluding carboxylic acids is 2. The summed E-state index contributed by atoms with van der Waals surface area (Å²) in [6, 6.07) is 11.3. The maximum absolute atomic E-state index is 13.0. The van der Waals surface area contributed by atoms with Gasteiger partial charge in [0, 0.05) is 42.5 Å². The number of halogens is 3. The zero-order valence-corrected chi connectivity index (χ0v) is 17.2. The molecule has 1 aliphatic heterocycles. The fourth-order valence-electron chi connectivity index (χ4n) is 3.54. The van der Waals surface area contributed by atoms with Crippen LogP contribution in [0.4, 0.5) is 19.3 Å². The molecule has 162 valence electrons. The van der Waals surface area contributed by atoms with Crippen LogP contribution in [0.25, 0.3) is 11.0 Å². The van der Waals surface area contributed by atoms with Crippen LogP contribution in [0.1, 0.15) is 29.0 Å². The first-order valence-corrected chi connectivity index (χ1v) is 10.2. The Hall–Kier alpha value is -3.20. The number of hydrogen-bond donors (Lipinski definition) is 2. The lowest BCUT2D eigenvalue weighted by atomic mass is 10.1. The lowest BCUT2D eigenvalue weighted by Crippen LogP contribution is -2.39. The van der Waals surface area contributed by atoms with Crippen LogP contribution in [0.15, 0.2) is 42.5 Å². The Morgan fingerprint density at radius 3 is 2.61 bits per heavy atom. The minimum absolute atomic E-state index is 0.216. The Kier molecular flexibility index (Phi) is 6.03. The molecule has 2 aromatic carbocycles. The summed E-state index contributed by atoms with van der Waals surface area (Å²) in [5.41, 5.74) is 1.75. The number of carbonyl (C=O) groups is 2. The van der Waals surface area contributed by atoms with Crippen LogP contribution in [0.2, 0.25) is 5.02 Å². The number of nitrogens with zero attached hydrogens (tertiary/aromatic N) is 3. The Bertz CT molecular complexity index is 1120. The summed E-state index contributed by atoms with van der Waals surface area (Å²) < 4.78 is 25.7. The number of rotatable bonds is 3. The predicted molar refractivity (Wildman–Crippen MR) is 114 cm³/mol. The summed E-state index contributed by atoms with van der Waals surface area (Å²) in [5, 5.41) is 3.34. The van der Waals surface area contributed by atoms with Gasteiger partial charge in [-0.1, -0.05) is 17.7 Å². The van der Waals surface area contributed by atoms with Gasteiger partial charge in [0.15, 0.2) is 5.82 Å². The summed E-state index contributed by atoms with van der Waals surface area (Å²) in [4.78, 5) is 35.2. The number of imidazole rings is 1. The SMILES string of the molecule is O=C(Nc1cccc(Cl)c1)N1CCCN(C(=O)c2ccc3nc(C(F)F)[nH]c3c2)CC1. The van der Waals surface area contributed by atoms with Gasteiger partial charge in [0.25, 0.3) is 12.3 Å². The van der Waals surface area contributed by atoms with Gasteiger partial charge in [0.1, 0.15) is 0 Å². The molecule has 0 atom stereocenters. The highest BCUT2D eigenvalue weighted by Gasteiger charge is 2.23. The molecule has 0 spiro atoms. The average molecular weight is 448 g/mol. The highest BCUT2D eigenvalue weighted by atomic mass is 35.5. The first-order valence-electron chi connectivity index (χ1n) is 9.79. The molecule has 3 aromatic rings. The number of aromatic amines is 1. The van der Waals surface area contributed by atoms with Crippen molar-refractivity contribution in [2.75, 3.05) is 31.5 Å².